The first-order chi connectivity index (χ1) is 19.0. The molecule has 0 N–H and O–H groups in total. The first kappa shape index (κ1) is 24.6. The Hall–Kier alpha value is -4.76. The number of imide groups is 1. The molecule has 0 fully saturated rings. The number of carbonyl (C=O) groups is 3. The molecule has 0 bridgehead atoms. The number of para-hydroxylation sites is 1. The SMILES string of the molecule is CCOc1ccc(N(CN2C(=O)c3ccccc3C2=O)C(=O)c2cc3c(C)nn(-c4ccccc4)c3s2)cc1. The van der Waals surface area contributed by atoms with Crippen molar-refractivity contribution in [3.63, 3.8) is 0 Å². The molecule has 0 unspecified atom stereocenters. The molecule has 3 heterocycles. The fraction of sp³-hybridized carbons (Fsp3) is 0.133. The number of aryl methyl sites for hydroxylation is 1. The van der Waals surface area contributed by atoms with Crippen LogP contribution < -0.4 is 9.64 Å². The number of carbonyl (C=O) groups excluding carboxylic acids is 3. The second kappa shape index (κ2) is 9.85. The van der Waals surface area contributed by atoms with Gasteiger partial charge in [0.25, 0.3) is 17.7 Å². The summed E-state index contributed by atoms with van der Waals surface area (Å²) in [5, 5.41) is 5.54. The van der Waals surface area contributed by atoms with Crippen molar-refractivity contribution >= 4 is 45.0 Å². The maximum absolute atomic E-state index is 14.1. The van der Waals surface area contributed by atoms with E-state index in [4.69, 9.17) is 4.74 Å². The summed E-state index contributed by atoms with van der Waals surface area (Å²) >= 11 is 1.32. The molecule has 5 aromatic rings. The summed E-state index contributed by atoms with van der Waals surface area (Å²) in [6.07, 6.45) is 0. The maximum Gasteiger partial charge on any atom is 0.269 e. The van der Waals surface area contributed by atoms with Crippen molar-refractivity contribution in [1.82, 2.24) is 14.7 Å². The molecule has 0 spiro atoms. The van der Waals surface area contributed by atoms with E-state index in [2.05, 4.69) is 5.10 Å². The Kier molecular flexibility index (Phi) is 6.20. The molecule has 0 atom stereocenters. The second-order valence-electron chi connectivity index (χ2n) is 9.05. The van der Waals surface area contributed by atoms with Crippen LogP contribution in [0.1, 0.15) is 43.0 Å². The predicted molar refractivity (Wildman–Crippen MR) is 150 cm³/mol. The molecule has 8 nitrogen and oxygen atoms in total. The summed E-state index contributed by atoms with van der Waals surface area (Å²) in [6.45, 7) is 4.09. The lowest BCUT2D eigenvalue weighted by atomic mass is 10.1. The van der Waals surface area contributed by atoms with Gasteiger partial charge >= 0.3 is 0 Å². The molecule has 1 aliphatic heterocycles. The van der Waals surface area contributed by atoms with Crippen LogP contribution in [0, 0.1) is 6.92 Å². The van der Waals surface area contributed by atoms with E-state index in [0.717, 1.165) is 26.5 Å². The van der Waals surface area contributed by atoms with Crippen LogP contribution >= 0.6 is 11.3 Å². The first-order valence-corrected chi connectivity index (χ1v) is 13.3. The second-order valence-corrected chi connectivity index (χ2v) is 10.1. The number of ether oxygens (including phenoxy) is 1. The quantitative estimate of drug-likeness (QED) is 0.249. The molecule has 1 aliphatic rings. The van der Waals surface area contributed by atoms with E-state index < -0.39 is 11.8 Å². The fourth-order valence-electron chi connectivity index (χ4n) is 4.69. The van der Waals surface area contributed by atoms with Crippen molar-refractivity contribution in [2.45, 2.75) is 13.8 Å². The number of fused-ring (bicyclic) bond motifs is 2. The number of benzene rings is 3. The summed E-state index contributed by atoms with van der Waals surface area (Å²) in [4.78, 5) is 44.3. The number of amides is 3. The van der Waals surface area contributed by atoms with E-state index >= 15 is 0 Å². The van der Waals surface area contributed by atoms with E-state index in [-0.39, 0.29) is 12.6 Å². The monoisotopic (exact) mass is 536 g/mol. The number of hydrogen-bond acceptors (Lipinski definition) is 6. The zero-order chi connectivity index (χ0) is 27.1. The van der Waals surface area contributed by atoms with E-state index in [0.29, 0.717) is 34.0 Å². The van der Waals surface area contributed by atoms with Gasteiger partial charge in [0.1, 0.15) is 17.2 Å². The molecule has 194 valence electrons. The van der Waals surface area contributed by atoms with Crippen LogP contribution in [0.5, 0.6) is 5.75 Å². The third-order valence-electron chi connectivity index (χ3n) is 6.62. The standard InChI is InChI=1S/C30H24N4O4S/c1-3-38-22-15-13-20(14-16-22)32(18-33-27(35)23-11-7-8-12-24(23)28(33)36)29(37)26-17-25-19(2)31-34(30(25)39-26)21-9-5-4-6-10-21/h4-17H,3,18H2,1-2H3. The van der Waals surface area contributed by atoms with Gasteiger partial charge in [0.05, 0.1) is 34.0 Å². The molecule has 0 saturated carbocycles. The number of rotatable bonds is 7. The highest BCUT2D eigenvalue weighted by Crippen LogP contribution is 2.33. The van der Waals surface area contributed by atoms with Crippen molar-refractivity contribution in [3.8, 4) is 11.4 Å². The summed E-state index contributed by atoms with van der Waals surface area (Å²) in [7, 11) is 0. The van der Waals surface area contributed by atoms with Crippen LogP contribution in [0.15, 0.2) is 84.9 Å². The van der Waals surface area contributed by atoms with E-state index in [1.165, 1.54) is 16.2 Å². The average molecular weight is 537 g/mol. The molecular weight excluding hydrogens is 512 g/mol. The number of nitrogens with zero attached hydrogens (tertiary/aromatic N) is 4. The van der Waals surface area contributed by atoms with Crippen LogP contribution in [0.25, 0.3) is 15.9 Å². The lowest BCUT2D eigenvalue weighted by molar-refractivity contribution is 0.0650. The molecule has 2 aromatic heterocycles. The van der Waals surface area contributed by atoms with Crippen LogP contribution in [0.2, 0.25) is 0 Å². The average Bonchev–Trinajstić information content (AvgIpc) is 3.61. The van der Waals surface area contributed by atoms with Crippen LogP contribution in [-0.2, 0) is 0 Å². The van der Waals surface area contributed by atoms with Crippen LogP contribution in [0.3, 0.4) is 0 Å². The van der Waals surface area contributed by atoms with Crippen LogP contribution in [0.4, 0.5) is 5.69 Å². The summed E-state index contributed by atoms with van der Waals surface area (Å²) in [6, 6.07) is 25.3. The predicted octanol–water partition coefficient (Wildman–Crippen LogP) is 5.69. The maximum atomic E-state index is 14.1. The molecule has 0 aliphatic carbocycles. The number of anilines is 1. The zero-order valence-corrected chi connectivity index (χ0v) is 22.1. The highest BCUT2D eigenvalue weighted by Gasteiger charge is 2.37. The first-order valence-electron chi connectivity index (χ1n) is 12.5. The van der Waals surface area contributed by atoms with Gasteiger partial charge in [-0.1, -0.05) is 30.3 Å². The zero-order valence-electron chi connectivity index (χ0n) is 21.3. The highest BCUT2D eigenvalue weighted by molar-refractivity contribution is 7.20. The minimum Gasteiger partial charge on any atom is -0.494 e. The third-order valence-corrected chi connectivity index (χ3v) is 7.72. The van der Waals surface area contributed by atoms with E-state index in [1.54, 1.807) is 48.5 Å². The largest absolute Gasteiger partial charge is 0.494 e. The lowest BCUT2D eigenvalue weighted by Crippen LogP contribution is -2.44. The molecule has 9 heteroatoms. The molecular formula is C30H24N4O4S. The Morgan fingerprint density at radius 1 is 0.923 bits per heavy atom. The molecule has 0 radical (unpaired) electrons. The normalized spacial score (nSPS) is 12.7. The van der Waals surface area contributed by atoms with Gasteiger partial charge in [-0.25, -0.2) is 4.68 Å². The molecule has 3 aromatic carbocycles. The summed E-state index contributed by atoms with van der Waals surface area (Å²) in [5.74, 6) is -0.511. The molecule has 39 heavy (non-hydrogen) atoms. The molecule has 3 amide bonds. The van der Waals surface area contributed by atoms with Gasteiger partial charge in [-0.05, 0) is 68.4 Å². The lowest BCUT2D eigenvalue weighted by Gasteiger charge is -2.27. The van der Waals surface area contributed by atoms with Gasteiger partial charge in [-0.15, -0.1) is 11.3 Å². The van der Waals surface area contributed by atoms with Gasteiger partial charge < -0.3 is 4.74 Å². The van der Waals surface area contributed by atoms with Crippen LogP contribution in [-0.4, -0.2) is 45.7 Å². The minimum atomic E-state index is -0.425. The minimum absolute atomic E-state index is 0.225. The smallest absolute Gasteiger partial charge is 0.269 e. The van der Waals surface area contributed by atoms with E-state index in [1.807, 2.05) is 54.9 Å². The van der Waals surface area contributed by atoms with Crippen molar-refractivity contribution in [2.75, 3.05) is 18.2 Å². The topological polar surface area (TPSA) is 84.7 Å². The van der Waals surface area contributed by atoms with Gasteiger partial charge in [-0.3, -0.25) is 24.2 Å². The van der Waals surface area contributed by atoms with Crippen molar-refractivity contribution in [3.05, 3.63) is 107 Å². The van der Waals surface area contributed by atoms with Crippen molar-refractivity contribution in [2.24, 2.45) is 0 Å². The van der Waals surface area contributed by atoms with Crippen molar-refractivity contribution in [1.29, 1.82) is 0 Å². The Bertz CT molecular complexity index is 1690. The Morgan fingerprint density at radius 3 is 2.21 bits per heavy atom. The van der Waals surface area contributed by atoms with Gasteiger partial charge in [0.15, 0.2) is 0 Å². The Morgan fingerprint density at radius 2 is 1.56 bits per heavy atom. The van der Waals surface area contributed by atoms with Gasteiger partial charge in [-0.2, -0.15) is 5.10 Å². The molecule has 0 saturated heterocycles. The number of thiophene rings is 1. The number of aromatic nitrogens is 2. The van der Waals surface area contributed by atoms with E-state index in [9.17, 15) is 14.4 Å². The highest BCUT2D eigenvalue weighted by atomic mass is 32.1. The number of hydrogen-bond donors (Lipinski definition) is 0. The van der Waals surface area contributed by atoms with Crippen molar-refractivity contribution < 1.29 is 19.1 Å². The summed E-state index contributed by atoms with van der Waals surface area (Å²) < 4.78 is 7.39. The fourth-order valence-corrected chi connectivity index (χ4v) is 5.82. The Labute approximate surface area is 228 Å². The van der Waals surface area contributed by atoms with Gasteiger partial charge in [0, 0.05) is 11.1 Å². The molecule has 6 rings (SSSR count). The Balaban J connectivity index is 1.39. The van der Waals surface area contributed by atoms with Gasteiger partial charge in [0.2, 0.25) is 0 Å². The third kappa shape index (κ3) is 4.26. The summed E-state index contributed by atoms with van der Waals surface area (Å²) in [5.41, 5.74) is 2.91.